The zero-order valence-corrected chi connectivity index (χ0v) is 11.4. The van der Waals surface area contributed by atoms with Gasteiger partial charge in [0, 0.05) is 6.04 Å². The second-order valence-electron chi connectivity index (χ2n) is 5.99. The Morgan fingerprint density at radius 1 is 0.882 bits per heavy atom. The fourth-order valence-electron chi connectivity index (χ4n) is 3.82. The van der Waals surface area contributed by atoms with Gasteiger partial charge in [0.05, 0.1) is 0 Å². The predicted octanol–water partition coefficient (Wildman–Crippen LogP) is 3.16. The van der Waals surface area contributed by atoms with Crippen LogP contribution in [0.25, 0.3) is 0 Å². The van der Waals surface area contributed by atoms with Crippen LogP contribution in [-0.2, 0) is 0 Å². The lowest BCUT2D eigenvalue weighted by atomic mass is 9.96. The second kappa shape index (κ2) is 7.38. The summed E-state index contributed by atoms with van der Waals surface area (Å²) < 4.78 is 0. The van der Waals surface area contributed by atoms with Crippen LogP contribution in [0.4, 0.5) is 0 Å². The molecule has 1 aliphatic heterocycles. The summed E-state index contributed by atoms with van der Waals surface area (Å²) in [5.41, 5.74) is 5.53. The third-order valence-corrected chi connectivity index (χ3v) is 4.76. The maximum Gasteiger partial charge on any atom is 0.0124 e. The molecule has 2 N–H and O–H groups in total. The molecule has 0 aromatic carbocycles. The highest BCUT2D eigenvalue weighted by Gasteiger charge is 2.32. The lowest BCUT2D eigenvalue weighted by molar-refractivity contribution is 0.187. The zero-order valence-electron chi connectivity index (χ0n) is 11.4. The summed E-state index contributed by atoms with van der Waals surface area (Å²) in [5, 5.41) is 0. The van der Waals surface area contributed by atoms with Crippen molar-refractivity contribution in [2.45, 2.75) is 70.3 Å². The van der Waals surface area contributed by atoms with E-state index >= 15 is 0 Å². The van der Waals surface area contributed by atoms with Crippen molar-refractivity contribution in [3.05, 3.63) is 0 Å². The highest BCUT2D eigenvalue weighted by Crippen LogP contribution is 2.35. The van der Waals surface area contributed by atoms with Crippen LogP contribution in [0.1, 0.15) is 64.2 Å². The highest BCUT2D eigenvalue weighted by molar-refractivity contribution is 4.87. The molecule has 1 saturated carbocycles. The van der Waals surface area contributed by atoms with Crippen LogP contribution in [0.15, 0.2) is 0 Å². The van der Waals surface area contributed by atoms with Gasteiger partial charge in [0.1, 0.15) is 0 Å². The average Bonchev–Trinajstić information content (AvgIpc) is 2.98. The minimum Gasteiger partial charge on any atom is -0.330 e. The van der Waals surface area contributed by atoms with Crippen molar-refractivity contribution in [3.63, 3.8) is 0 Å². The first-order valence-corrected chi connectivity index (χ1v) is 7.86. The lowest BCUT2D eigenvalue weighted by Crippen LogP contribution is -2.35. The molecule has 17 heavy (non-hydrogen) atoms. The summed E-state index contributed by atoms with van der Waals surface area (Å²) in [6, 6.07) is 0.951. The lowest BCUT2D eigenvalue weighted by Gasteiger charge is -2.29. The number of unbranched alkanes of at least 4 members (excludes halogenated alkanes) is 3. The standard InChI is InChI=1S/C15H30N2/c16-11-5-1-2-6-12-17-13-7-10-15(17)14-8-3-4-9-14/h14-15H,1-13,16H2. The molecule has 1 heterocycles. The third-order valence-electron chi connectivity index (χ3n) is 4.76. The smallest absolute Gasteiger partial charge is 0.0124 e. The Kier molecular flexibility index (Phi) is 5.79. The molecule has 0 aromatic rings. The van der Waals surface area contributed by atoms with E-state index in [9.17, 15) is 0 Å². The van der Waals surface area contributed by atoms with Gasteiger partial charge in [-0.2, -0.15) is 0 Å². The van der Waals surface area contributed by atoms with E-state index < -0.39 is 0 Å². The quantitative estimate of drug-likeness (QED) is 0.690. The molecule has 100 valence electrons. The van der Waals surface area contributed by atoms with Gasteiger partial charge in [-0.25, -0.2) is 0 Å². The summed E-state index contributed by atoms with van der Waals surface area (Å²) in [4.78, 5) is 2.80. The molecular weight excluding hydrogens is 208 g/mol. The van der Waals surface area contributed by atoms with E-state index in [1.165, 1.54) is 77.3 Å². The Balaban J connectivity index is 1.64. The number of hydrogen-bond donors (Lipinski definition) is 1. The van der Waals surface area contributed by atoms with Crippen molar-refractivity contribution in [2.24, 2.45) is 11.7 Å². The number of likely N-dealkylation sites (tertiary alicyclic amines) is 1. The molecular formula is C15H30N2. The van der Waals surface area contributed by atoms with Gasteiger partial charge in [-0.15, -0.1) is 0 Å². The molecule has 1 aliphatic carbocycles. The number of nitrogens with two attached hydrogens (primary N) is 1. The van der Waals surface area contributed by atoms with Gasteiger partial charge < -0.3 is 10.6 Å². The first kappa shape index (κ1) is 13.4. The average molecular weight is 238 g/mol. The Hall–Kier alpha value is -0.0800. The van der Waals surface area contributed by atoms with Crippen LogP contribution in [0.5, 0.6) is 0 Å². The molecule has 0 amide bonds. The van der Waals surface area contributed by atoms with Gasteiger partial charge in [-0.05, 0) is 64.1 Å². The summed E-state index contributed by atoms with van der Waals surface area (Å²) >= 11 is 0. The zero-order chi connectivity index (χ0) is 11.9. The predicted molar refractivity (Wildman–Crippen MR) is 74.1 cm³/mol. The van der Waals surface area contributed by atoms with E-state index in [4.69, 9.17) is 5.73 Å². The van der Waals surface area contributed by atoms with Crippen LogP contribution < -0.4 is 5.73 Å². The largest absolute Gasteiger partial charge is 0.330 e. The van der Waals surface area contributed by atoms with Gasteiger partial charge in [0.15, 0.2) is 0 Å². The molecule has 2 heteroatoms. The molecule has 2 nitrogen and oxygen atoms in total. The Morgan fingerprint density at radius 3 is 2.41 bits per heavy atom. The molecule has 2 rings (SSSR count). The summed E-state index contributed by atoms with van der Waals surface area (Å²) in [6.07, 6.45) is 14.2. The first-order valence-electron chi connectivity index (χ1n) is 7.86. The van der Waals surface area contributed by atoms with E-state index in [1.807, 2.05) is 0 Å². The van der Waals surface area contributed by atoms with Crippen LogP contribution >= 0.6 is 0 Å². The van der Waals surface area contributed by atoms with Gasteiger partial charge in [-0.3, -0.25) is 0 Å². The van der Waals surface area contributed by atoms with E-state index in [0.29, 0.717) is 0 Å². The number of rotatable bonds is 7. The highest BCUT2D eigenvalue weighted by atomic mass is 15.2. The van der Waals surface area contributed by atoms with Crippen LogP contribution in [0.3, 0.4) is 0 Å². The van der Waals surface area contributed by atoms with Crippen LogP contribution in [0, 0.1) is 5.92 Å². The molecule has 2 fully saturated rings. The normalized spacial score (nSPS) is 27.0. The minimum atomic E-state index is 0.869. The fraction of sp³-hybridized carbons (Fsp3) is 1.00. The molecule has 1 unspecified atom stereocenters. The van der Waals surface area contributed by atoms with E-state index in [0.717, 1.165) is 18.5 Å². The van der Waals surface area contributed by atoms with E-state index in [-0.39, 0.29) is 0 Å². The monoisotopic (exact) mass is 238 g/mol. The summed E-state index contributed by atoms with van der Waals surface area (Å²) in [5.74, 6) is 1.04. The van der Waals surface area contributed by atoms with Crippen molar-refractivity contribution < 1.29 is 0 Å². The van der Waals surface area contributed by atoms with Gasteiger partial charge in [0.25, 0.3) is 0 Å². The van der Waals surface area contributed by atoms with Crippen LogP contribution in [0.2, 0.25) is 0 Å². The molecule has 0 bridgehead atoms. The van der Waals surface area contributed by atoms with Crippen molar-refractivity contribution >= 4 is 0 Å². The van der Waals surface area contributed by atoms with Crippen molar-refractivity contribution in [1.82, 2.24) is 4.90 Å². The molecule has 1 atom stereocenters. The molecule has 0 radical (unpaired) electrons. The first-order chi connectivity index (χ1) is 8.42. The minimum absolute atomic E-state index is 0.869. The summed E-state index contributed by atoms with van der Waals surface area (Å²) in [6.45, 7) is 3.60. The summed E-state index contributed by atoms with van der Waals surface area (Å²) in [7, 11) is 0. The SMILES string of the molecule is NCCCCCCN1CCCC1C1CCCC1. The van der Waals surface area contributed by atoms with Crippen molar-refractivity contribution in [2.75, 3.05) is 19.6 Å². The van der Waals surface area contributed by atoms with E-state index in [2.05, 4.69) is 4.90 Å². The Bertz CT molecular complexity index is 199. The Labute approximate surface area is 107 Å². The number of nitrogens with zero attached hydrogens (tertiary/aromatic N) is 1. The van der Waals surface area contributed by atoms with Gasteiger partial charge >= 0.3 is 0 Å². The van der Waals surface area contributed by atoms with Crippen molar-refractivity contribution in [1.29, 1.82) is 0 Å². The second-order valence-corrected chi connectivity index (χ2v) is 5.99. The third kappa shape index (κ3) is 3.96. The maximum absolute atomic E-state index is 5.53. The molecule has 2 aliphatic rings. The topological polar surface area (TPSA) is 29.3 Å². The van der Waals surface area contributed by atoms with Gasteiger partial charge in [0.2, 0.25) is 0 Å². The van der Waals surface area contributed by atoms with Crippen LogP contribution in [-0.4, -0.2) is 30.6 Å². The van der Waals surface area contributed by atoms with E-state index in [1.54, 1.807) is 0 Å². The Morgan fingerprint density at radius 2 is 1.65 bits per heavy atom. The molecule has 1 saturated heterocycles. The van der Waals surface area contributed by atoms with Gasteiger partial charge in [-0.1, -0.05) is 25.7 Å². The fourth-order valence-corrected chi connectivity index (χ4v) is 3.82. The van der Waals surface area contributed by atoms with Crippen molar-refractivity contribution in [3.8, 4) is 0 Å². The number of hydrogen-bond acceptors (Lipinski definition) is 2. The molecule has 0 spiro atoms. The maximum atomic E-state index is 5.53. The molecule has 0 aromatic heterocycles.